The van der Waals surface area contributed by atoms with E-state index in [1.165, 1.54) is 0 Å². The van der Waals surface area contributed by atoms with E-state index in [0.717, 1.165) is 81.4 Å². The summed E-state index contributed by atoms with van der Waals surface area (Å²) in [6.45, 7) is 7.65. The number of guanidine groups is 1. The zero-order valence-electron chi connectivity index (χ0n) is 17.3. The number of aliphatic imine (C=N–C) groups is 1. The number of nitrogens with zero attached hydrogens (tertiary/aromatic N) is 2. The summed E-state index contributed by atoms with van der Waals surface area (Å²) in [5.41, 5.74) is 6.48. The number of rotatable bonds is 9. The maximum absolute atomic E-state index is 11.2. The average molecular weight is 404 g/mol. The van der Waals surface area contributed by atoms with Gasteiger partial charge in [-0.2, -0.15) is 0 Å². The molecule has 0 aromatic heterocycles. The zero-order valence-corrected chi connectivity index (χ0v) is 17.3. The van der Waals surface area contributed by atoms with Gasteiger partial charge in [0.15, 0.2) is 17.5 Å². The lowest BCUT2D eigenvalue weighted by Gasteiger charge is -2.30. The Morgan fingerprint density at radius 3 is 2.76 bits per heavy atom. The molecule has 1 amide bonds. The van der Waals surface area contributed by atoms with E-state index in [4.69, 9.17) is 15.2 Å². The van der Waals surface area contributed by atoms with Crippen molar-refractivity contribution in [3.63, 3.8) is 0 Å². The molecule has 0 spiro atoms. The van der Waals surface area contributed by atoms with E-state index in [0.29, 0.717) is 6.54 Å². The minimum atomic E-state index is -0.148. The molecule has 1 fully saturated rings. The summed E-state index contributed by atoms with van der Waals surface area (Å²) < 4.78 is 10.8. The summed E-state index contributed by atoms with van der Waals surface area (Å²) in [7, 11) is 0. The van der Waals surface area contributed by atoms with Crippen LogP contribution in [0.1, 0.15) is 38.2 Å². The van der Waals surface area contributed by atoms with Crippen LogP contribution in [-0.2, 0) is 11.3 Å². The van der Waals surface area contributed by atoms with Gasteiger partial charge in [0.05, 0.1) is 6.54 Å². The molecule has 1 aromatic rings. The summed E-state index contributed by atoms with van der Waals surface area (Å²) in [4.78, 5) is 18.3. The summed E-state index contributed by atoms with van der Waals surface area (Å²) in [5, 5.41) is 6.70. The maximum atomic E-state index is 11.2. The van der Waals surface area contributed by atoms with Crippen LogP contribution in [0, 0.1) is 5.92 Å². The highest BCUT2D eigenvalue weighted by atomic mass is 16.7. The van der Waals surface area contributed by atoms with Gasteiger partial charge in [0.1, 0.15) is 0 Å². The molecule has 160 valence electrons. The number of hydrogen-bond donors (Lipinski definition) is 3. The fraction of sp³-hybridized carbons (Fsp3) is 0.619. The molecule has 0 bridgehead atoms. The summed E-state index contributed by atoms with van der Waals surface area (Å²) in [6, 6.07) is 5.93. The first-order chi connectivity index (χ1) is 14.2. The van der Waals surface area contributed by atoms with E-state index >= 15 is 0 Å². The molecule has 29 heavy (non-hydrogen) atoms. The average Bonchev–Trinajstić information content (AvgIpc) is 3.20. The highest BCUT2D eigenvalue weighted by Gasteiger charge is 2.22. The van der Waals surface area contributed by atoms with E-state index < -0.39 is 0 Å². The minimum absolute atomic E-state index is 0.0663. The molecule has 0 unspecified atom stereocenters. The lowest BCUT2D eigenvalue weighted by molar-refractivity contribution is -0.123. The van der Waals surface area contributed by atoms with Crippen LogP contribution in [0.3, 0.4) is 0 Å². The molecule has 0 radical (unpaired) electrons. The predicted octanol–water partition coefficient (Wildman–Crippen LogP) is 1.45. The van der Waals surface area contributed by atoms with E-state index in [2.05, 4.69) is 27.4 Å². The number of unbranched alkanes of at least 4 members (excludes halogenated alkanes) is 1. The van der Waals surface area contributed by atoms with Gasteiger partial charge in [-0.1, -0.05) is 6.07 Å². The monoisotopic (exact) mass is 403 g/mol. The largest absolute Gasteiger partial charge is 0.454 e. The highest BCUT2D eigenvalue weighted by molar-refractivity contribution is 5.79. The lowest BCUT2D eigenvalue weighted by atomic mass is 9.96. The second-order valence-electron chi connectivity index (χ2n) is 7.53. The number of ether oxygens (including phenoxy) is 2. The number of likely N-dealkylation sites (tertiary alicyclic amines) is 1. The second kappa shape index (κ2) is 10.9. The molecule has 8 nitrogen and oxygen atoms in total. The van der Waals surface area contributed by atoms with Crippen LogP contribution in [0.15, 0.2) is 23.2 Å². The number of amides is 1. The third kappa shape index (κ3) is 6.52. The third-order valence-corrected chi connectivity index (χ3v) is 5.38. The molecule has 0 atom stereocenters. The van der Waals surface area contributed by atoms with Gasteiger partial charge in [0, 0.05) is 19.0 Å². The van der Waals surface area contributed by atoms with Crippen LogP contribution in [-0.4, -0.2) is 56.3 Å². The van der Waals surface area contributed by atoms with Crippen LogP contribution in [0.25, 0.3) is 0 Å². The van der Waals surface area contributed by atoms with Gasteiger partial charge in [0.2, 0.25) is 12.7 Å². The summed E-state index contributed by atoms with van der Waals surface area (Å²) in [6.07, 6.45) is 3.98. The maximum Gasteiger partial charge on any atom is 0.231 e. The molecule has 0 saturated carbocycles. The van der Waals surface area contributed by atoms with Crippen LogP contribution in [0.4, 0.5) is 0 Å². The Balaban J connectivity index is 1.35. The number of nitrogens with two attached hydrogens (primary N) is 1. The Bertz CT molecular complexity index is 702. The van der Waals surface area contributed by atoms with Crippen LogP contribution >= 0.6 is 0 Å². The molecule has 1 saturated heterocycles. The number of nitrogens with one attached hydrogen (secondary N) is 2. The van der Waals surface area contributed by atoms with E-state index in [-0.39, 0.29) is 18.6 Å². The minimum Gasteiger partial charge on any atom is -0.454 e. The van der Waals surface area contributed by atoms with E-state index in [9.17, 15) is 4.79 Å². The molecule has 3 rings (SSSR count). The van der Waals surface area contributed by atoms with Crippen molar-refractivity contribution in [2.75, 3.05) is 39.5 Å². The van der Waals surface area contributed by atoms with Gasteiger partial charge in [0.25, 0.3) is 0 Å². The van der Waals surface area contributed by atoms with Crippen molar-refractivity contribution in [3.05, 3.63) is 23.8 Å². The quantitative estimate of drug-likeness (QED) is 0.328. The zero-order chi connectivity index (χ0) is 20.5. The number of primary amides is 1. The first kappa shape index (κ1) is 21.2. The third-order valence-electron chi connectivity index (χ3n) is 5.38. The van der Waals surface area contributed by atoms with Crippen molar-refractivity contribution in [2.24, 2.45) is 16.6 Å². The fourth-order valence-electron chi connectivity index (χ4n) is 3.66. The Hall–Kier alpha value is -2.48. The Kier molecular flexibility index (Phi) is 7.98. The molecule has 1 aromatic carbocycles. The van der Waals surface area contributed by atoms with Gasteiger partial charge in [-0.15, -0.1) is 0 Å². The topological polar surface area (TPSA) is 101 Å². The molecule has 2 aliphatic heterocycles. The van der Waals surface area contributed by atoms with E-state index in [1.807, 2.05) is 18.2 Å². The van der Waals surface area contributed by atoms with Crippen LogP contribution in [0.5, 0.6) is 11.5 Å². The number of benzene rings is 1. The van der Waals surface area contributed by atoms with Crippen LogP contribution in [0.2, 0.25) is 0 Å². The SMILES string of the molecule is CCNC(=NCc1ccc2c(c1)OCO2)NCCCCN1CCC(C(N)=O)CC1. The van der Waals surface area contributed by atoms with Gasteiger partial charge >= 0.3 is 0 Å². The van der Waals surface area contributed by atoms with Crippen molar-refractivity contribution >= 4 is 11.9 Å². The Morgan fingerprint density at radius 2 is 2.00 bits per heavy atom. The lowest BCUT2D eigenvalue weighted by Crippen LogP contribution is -2.39. The summed E-state index contributed by atoms with van der Waals surface area (Å²) >= 11 is 0. The van der Waals surface area contributed by atoms with Gasteiger partial charge in [-0.3, -0.25) is 4.79 Å². The first-order valence-corrected chi connectivity index (χ1v) is 10.6. The highest BCUT2D eigenvalue weighted by Crippen LogP contribution is 2.32. The molecule has 8 heteroatoms. The van der Waals surface area contributed by atoms with Gasteiger partial charge < -0.3 is 30.7 Å². The number of carbonyl (C=O) groups is 1. The van der Waals surface area contributed by atoms with Gasteiger partial charge in [-0.05, 0) is 69.9 Å². The van der Waals surface area contributed by atoms with Crippen LogP contribution < -0.4 is 25.8 Å². The molecule has 2 heterocycles. The van der Waals surface area contributed by atoms with E-state index in [1.54, 1.807) is 0 Å². The molecule has 2 aliphatic rings. The predicted molar refractivity (Wildman–Crippen MR) is 113 cm³/mol. The van der Waals surface area contributed by atoms with Crippen molar-refractivity contribution in [2.45, 2.75) is 39.2 Å². The van der Waals surface area contributed by atoms with Crippen molar-refractivity contribution in [3.8, 4) is 11.5 Å². The standard InChI is InChI=1S/C21H33N5O3/c1-2-23-21(25-14-16-5-6-18-19(13-16)29-15-28-18)24-9-3-4-10-26-11-7-17(8-12-26)20(22)27/h5-6,13,17H,2-4,7-12,14-15H2,1H3,(H2,22,27)(H2,23,24,25). The van der Waals surface area contributed by atoms with Crippen molar-refractivity contribution < 1.29 is 14.3 Å². The number of piperidine rings is 1. The van der Waals surface area contributed by atoms with Gasteiger partial charge in [-0.25, -0.2) is 4.99 Å². The first-order valence-electron chi connectivity index (χ1n) is 10.6. The number of carbonyl (C=O) groups excluding carboxylic acids is 1. The van der Waals surface area contributed by atoms with Crippen molar-refractivity contribution in [1.29, 1.82) is 0 Å². The molecule has 0 aliphatic carbocycles. The molecule has 4 N–H and O–H groups in total. The van der Waals surface area contributed by atoms with Crippen molar-refractivity contribution in [1.82, 2.24) is 15.5 Å². The normalized spacial score (nSPS) is 17.3. The second-order valence-corrected chi connectivity index (χ2v) is 7.53. The smallest absolute Gasteiger partial charge is 0.231 e. The summed E-state index contributed by atoms with van der Waals surface area (Å²) in [5.74, 6) is 2.32. The Morgan fingerprint density at radius 1 is 1.21 bits per heavy atom. The fourth-order valence-corrected chi connectivity index (χ4v) is 3.66. The molecular formula is C21H33N5O3. The number of fused-ring (bicyclic) bond motifs is 1. The Labute approximate surface area is 172 Å². The number of hydrogen-bond acceptors (Lipinski definition) is 5. The molecular weight excluding hydrogens is 370 g/mol.